The molecule has 2 amide bonds. The van der Waals surface area contributed by atoms with Crippen molar-refractivity contribution in [3.8, 4) is 5.75 Å². The van der Waals surface area contributed by atoms with Crippen LogP contribution in [0.3, 0.4) is 0 Å². The number of carbonyl (C=O) groups excluding carboxylic acids is 1. The summed E-state index contributed by atoms with van der Waals surface area (Å²) >= 11 is 0. The summed E-state index contributed by atoms with van der Waals surface area (Å²) < 4.78 is 19.3. The number of halogens is 1. The number of para-hydroxylation sites is 2. The summed E-state index contributed by atoms with van der Waals surface area (Å²) in [5.41, 5.74) is 1.18. The molecule has 0 bridgehead atoms. The van der Waals surface area contributed by atoms with Crippen LogP contribution in [0, 0.1) is 5.82 Å². The number of carbonyl (C=O) groups is 1. The molecule has 1 aliphatic heterocycles. The quantitative estimate of drug-likeness (QED) is 0.922. The number of anilines is 1. The number of nitrogens with zero attached hydrogens (tertiary/aromatic N) is 1. The molecule has 1 unspecified atom stereocenters. The van der Waals surface area contributed by atoms with E-state index in [2.05, 4.69) is 5.32 Å². The number of benzene rings is 2. The fourth-order valence-corrected chi connectivity index (χ4v) is 3.01. The summed E-state index contributed by atoms with van der Waals surface area (Å²) in [6.45, 7) is 0.611. The van der Waals surface area contributed by atoms with E-state index in [0.29, 0.717) is 23.5 Å². The van der Waals surface area contributed by atoms with Crippen molar-refractivity contribution in [2.45, 2.75) is 18.9 Å². The molecule has 1 saturated heterocycles. The van der Waals surface area contributed by atoms with Crippen molar-refractivity contribution in [1.82, 2.24) is 4.90 Å². The van der Waals surface area contributed by atoms with Crippen LogP contribution in [0.1, 0.15) is 24.4 Å². The van der Waals surface area contributed by atoms with Crippen LogP contribution in [0.5, 0.6) is 5.75 Å². The van der Waals surface area contributed by atoms with E-state index in [4.69, 9.17) is 4.74 Å². The van der Waals surface area contributed by atoms with Crippen molar-refractivity contribution in [2.75, 3.05) is 19.0 Å². The lowest BCUT2D eigenvalue weighted by molar-refractivity contribution is 0.206. The Labute approximate surface area is 134 Å². The highest BCUT2D eigenvalue weighted by atomic mass is 19.1. The predicted octanol–water partition coefficient (Wildman–Crippen LogP) is 4.20. The van der Waals surface area contributed by atoms with E-state index in [1.165, 1.54) is 6.07 Å². The summed E-state index contributed by atoms with van der Waals surface area (Å²) in [5.74, 6) is 0.331. The van der Waals surface area contributed by atoms with Gasteiger partial charge in [-0.05, 0) is 31.0 Å². The molecular formula is C18H19FN2O2. The van der Waals surface area contributed by atoms with E-state index in [1.54, 1.807) is 42.3 Å². The number of urea groups is 1. The zero-order valence-corrected chi connectivity index (χ0v) is 13.0. The summed E-state index contributed by atoms with van der Waals surface area (Å²) in [6.07, 6.45) is 1.62. The lowest BCUT2D eigenvalue weighted by atomic mass is 10.0. The van der Waals surface area contributed by atoms with Gasteiger partial charge < -0.3 is 15.0 Å². The van der Waals surface area contributed by atoms with E-state index >= 15 is 0 Å². The number of amides is 2. The Hall–Kier alpha value is -2.56. The van der Waals surface area contributed by atoms with Gasteiger partial charge in [0, 0.05) is 12.1 Å². The van der Waals surface area contributed by atoms with Crippen molar-refractivity contribution in [2.24, 2.45) is 0 Å². The largest absolute Gasteiger partial charge is 0.495 e. The lowest BCUT2D eigenvalue weighted by Crippen LogP contribution is -2.34. The highest BCUT2D eigenvalue weighted by molar-refractivity contribution is 5.91. The molecule has 0 radical (unpaired) electrons. The van der Waals surface area contributed by atoms with Crippen LogP contribution in [0.2, 0.25) is 0 Å². The second-order valence-corrected chi connectivity index (χ2v) is 5.50. The van der Waals surface area contributed by atoms with Gasteiger partial charge in [-0.25, -0.2) is 9.18 Å². The Balaban J connectivity index is 1.80. The van der Waals surface area contributed by atoms with E-state index in [1.807, 2.05) is 12.1 Å². The molecule has 1 fully saturated rings. The summed E-state index contributed by atoms with van der Waals surface area (Å²) in [6, 6.07) is 13.4. The molecule has 120 valence electrons. The average Bonchev–Trinajstić information content (AvgIpc) is 3.05. The highest BCUT2D eigenvalue weighted by Crippen LogP contribution is 2.34. The van der Waals surface area contributed by atoms with Gasteiger partial charge in [0.1, 0.15) is 11.6 Å². The molecule has 1 atom stereocenters. The second-order valence-electron chi connectivity index (χ2n) is 5.50. The Morgan fingerprint density at radius 2 is 1.96 bits per heavy atom. The molecule has 2 aromatic carbocycles. The molecule has 1 aliphatic rings. The van der Waals surface area contributed by atoms with Gasteiger partial charge in [0.2, 0.25) is 0 Å². The molecular weight excluding hydrogens is 295 g/mol. The van der Waals surface area contributed by atoms with Gasteiger partial charge in [0.05, 0.1) is 18.8 Å². The molecule has 1 heterocycles. The normalized spacial score (nSPS) is 17.1. The van der Waals surface area contributed by atoms with Crippen molar-refractivity contribution in [3.05, 3.63) is 59.9 Å². The van der Waals surface area contributed by atoms with Gasteiger partial charge >= 0.3 is 6.03 Å². The predicted molar refractivity (Wildman–Crippen MR) is 87.1 cm³/mol. The standard InChI is InChI=1S/C18H19FN2O2/c1-23-17-11-5-4-9-15(17)20-18(22)21-12-6-10-16(21)13-7-2-3-8-14(13)19/h2-5,7-9,11,16H,6,10,12H2,1H3,(H,20,22). The van der Waals surface area contributed by atoms with Gasteiger partial charge in [-0.15, -0.1) is 0 Å². The molecule has 0 spiro atoms. The first-order valence-electron chi connectivity index (χ1n) is 7.66. The number of likely N-dealkylation sites (tertiary alicyclic amines) is 1. The lowest BCUT2D eigenvalue weighted by Gasteiger charge is -2.26. The first kappa shape index (κ1) is 15.3. The van der Waals surface area contributed by atoms with Crippen LogP contribution in [0.4, 0.5) is 14.9 Å². The minimum Gasteiger partial charge on any atom is -0.495 e. The third-order valence-electron chi connectivity index (χ3n) is 4.13. The first-order valence-corrected chi connectivity index (χ1v) is 7.66. The van der Waals surface area contributed by atoms with Crippen LogP contribution in [0.25, 0.3) is 0 Å². The van der Waals surface area contributed by atoms with E-state index in [9.17, 15) is 9.18 Å². The fraction of sp³-hybridized carbons (Fsp3) is 0.278. The summed E-state index contributed by atoms with van der Waals surface area (Å²) in [5, 5.41) is 2.86. The van der Waals surface area contributed by atoms with Crippen LogP contribution in [-0.2, 0) is 0 Å². The molecule has 4 nitrogen and oxygen atoms in total. The third-order valence-corrected chi connectivity index (χ3v) is 4.13. The maximum atomic E-state index is 14.0. The summed E-state index contributed by atoms with van der Waals surface area (Å²) in [7, 11) is 1.56. The Kier molecular flexibility index (Phi) is 4.46. The van der Waals surface area contributed by atoms with Crippen molar-refractivity contribution in [1.29, 1.82) is 0 Å². The van der Waals surface area contributed by atoms with Crippen LogP contribution in [-0.4, -0.2) is 24.6 Å². The number of rotatable bonds is 3. The van der Waals surface area contributed by atoms with E-state index in [0.717, 1.165) is 12.8 Å². The third kappa shape index (κ3) is 3.13. The van der Waals surface area contributed by atoms with Crippen LogP contribution in [0.15, 0.2) is 48.5 Å². The van der Waals surface area contributed by atoms with Crippen molar-refractivity contribution >= 4 is 11.7 Å². The van der Waals surface area contributed by atoms with Gasteiger partial charge in [0.25, 0.3) is 0 Å². The minimum atomic E-state index is -0.269. The summed E-state index contributed by atoms with van der Waals surface area (Å²) in [4.78, 5) is 14.3. The fourth-order valence-electron chi connectivity index (χ4n) is 3.01. The maximum Gasteiger partial charge on any atom is 0.322 e. The number of ether oxygens (including phenoxy) is 1. The van der Waals surface area contributed by atoms with Gasteiger partial charge in [-0.1, -0.05) is 30.3 Å². The molecule has 0 aromatic heterocycles. The molecule has 1 N–H and O–H groups in total. The Bertz CT molecular complexity index is 705. The number of hydrogen-bond acceptors (Lipinski definition) is 2. The van der Waals surface area contributed by atoms with Gasteiger partial charge in [0.15, 0.2) is 0 Å². The first-order chi connectivity index (χ1) is 11.2. The monoisotopic (exact) mass is 314 g/mol. The van der Waals surface area contributed by atoms with E-state index in [-0.39, 0.29) is 17.9 Å². The smallest absolute Gasteiger partial charge is 0.322 e. The Morgan fingerprint density at radius 3 is 2.74 bits per heavy atom. The molecule has 2 aromatic rings. The van der Waals surface area contributed by atoms with Gasteiger partial charge in [-0.2, -0.15) is 0 Å². The zero-order chi connectivity index (χ0) is 16.2. The maximum absolute atomic E-state index is 14.0. The van der Waals surface area contributed by atoms with E-state index < -0.39 is 0 Å². The molecule has 3 rings (SSSR count). The van der Waals surface area contributed by atoms with Crippen molar-refractivity contribution in [3.63, 3.8) is 0 Å². The molecule has 23 heavy (non-hydrogen) atoms. The van der Waals surface area contributed by atoms with Crippen molar-refractivity contribution < 1.29 is 13.9 Å². The highest BCUT2D eigenvalue weighted by Gasteiger charge is 2.31. The molecule has 0 saturated carbocycles. The minimum absolute atomic E-state index is 0.231. The number of methoxy groups -OCH3 is 1. The average molecular weight is 314 g/mol. The second kappa shape index (κ2) is 6.69. The SMILES string of the molecule is COc1ccccc1NC(=O)N1CCCC1c1ccccc1F. The number of nitrogens with one attached hydrogen (secondary N) is 1. The Morgan fingerprint density at radius 1 is 1.22 bits per heavy atom. The zero-order valence-electron chi connectivity index (χ0n) is 13.0. The van der Waals surface area contributed by atoms with Crippen LogP contribution < -0.4 is 10.1 Å². The van der Waals surface area contributed by atoms with Gasteiger partial charge in [-0.3, -0.25) is 0 Å². The number of hydrogen-bond donors (Lipinski definition) is 1. The molecule has 5 heteroatoms. The van der Waals surface area contributed by atoms with Crippen LogP contribution >= 0.6 is 0 Å². The topological polar surface area (TPSA) is 41.6 Å². The molecule has 0 aliphatic carbocycles.